The summed E-state index contributed by atoms with van der Waals surface area (Å²) in [7, 11) is 1.19. The quantitative estimate of drug-likeness (QED) is 0.0212. The lowest BCUT2D eigenvalue weighted by Gasteiger charge is -2.30. The van der Waals surface area contributed by atoms with E-state index >= 15 is 0 Å². The molecule has 9 nitrogen and oxygen atoms in total. The van der Waals surface area contributed by atoms with Gasteiger partial charge in [-0.05, 0) is 57.4 Å². The van der Waals surface area contributed by atoms with Crippen LogP contribution in [0.2, 0.25) is 0 Å². The van der Waals surface area contributed by atoms with Gasteiger partial charge in [-0.2, -0.15) is 0 Å². The number of nitrogens with one attached hydrogen (secondary N) is 1. The molecule has 0 rings (SSSR count). The molecule has 1 N–H and O–H groups in total. The second-order valence-electron chi connectivity index (χ2n) is 20.4. The highest BCUT2D eigenvalue weighted by molar-refractivity contribution is 7.45. The zero-order chi connectivity index (χ0) is 48.7. The SMILES string of the molecule is CCCCCCCC/C=C/CCCCCCCCCC(=O)OC(/C=C/CCCCCCCCCCCC)C(COP(=O)([O-])OCC[N+](C)(C)C)NC(=O)CCCCCCCCCCCCC. The van der Waals surface area contributed by atoms with Crippen molar-refractivity contribution in [1.82, 2.24) is 5.32 Å². The van der Waals surface area contributed by atoms with Crippen molar-refractivity contribution in [1.29, 1.82) is 0 Å². The number of esters is 1. The molecule has 0 bridgehead atoms. The van der Waals surface area contributed by atoms with Crippen molar-refractivity contribution in [3.05, 3.63) is 24.3 Å². The fraction of sp³-hybridized carbons (Fsp3) is 0.893. The third-order valence-corrected chi connectivity index (χ3v) is 13.6. The highest BCUT2D eigenvalue weighted by atomic mass is 31.2. The number of hydrogen-bond donors (Lipinski definition) is 1. The van der Waals surface area contributed by atoms with E-state index in [2.05, 4.69) is 38.2 Å². The summed E-state index contributed by atoms with van der Waals surface area (Å²) in [6, 6.07) is -0.882. The summed E-state index contributed by atoms with van der Waals surface area (Å²) in [5.41, 5.74) is 0. The average molecular weight is 953 g/mol. The number of phosphoric acid groups is 1. The lowest BCUT2D eigenvalue weighted by Crippen LogP contribution is -2.47. The normalized spacial score (nSPS) is 14.0. The van der Waals surface area contributed by atoms with Crippen LogP contribution in [0.3, 0.4) is 0 Å². The van der Waals surface area contributed by atoms with Crippen LogP contribution < -0.4 is 10.2 Å². The van der Waals surface area contributed by atoms with E-state index in [0.717, 1.165) is 64.2 Å². The Hall–Kier alpha value is -1.51. The first-order valence-corrected chi connectivity index (χ1v) is 29.6. The minimum Gasteiger partial charge on any atom is -0.756 e. The lowest BCUT2D eigenvalue weighted by molar-refractivity contribution is -0.870. The molecule has 0 saturated heterocycles. The van der Waals surface area contributed by atoms with Gasteiger partial charge in [0.25, 0.3) is 7.82 Å². The molecule has 0 aliphatic heterocycles. The summed E-state index contributed by atoms with van der Waals surface area (Å²) < 4.78 is 30.2. The molecule has 0 aliphatic rings. The van der Waals surface area contributed by atoms with Crippen molar-refractivity contribution in [2.75, 3.05) is 40.9 Å². The maximum Gasteiger partial charge on any atom is 0.306 e. The number of nitrogens with zero attached hydrogens (tertiary/aromatic N) is 1. The second kappa shape index (κ2) is 47.2. The maximum atomic E-state index is 13.4. The van der Waals surface area contributed by atoms with Gasteiger partial charge in [0.2, 0.25) is 5.91 Å². The van der Waals surface area contributed by atoms with Gasteiger partial charge in [-0.25, -0.2) is 0 Å². The molecule has 3 unspecified atom stereocenters. The van der Waals surface area contributed by atoms with Crippen molar-refractivity contribution < 1.29 is 37.3 Å². The largest absolute Gasteiger partial charge is 0.756 e. The molecule has 0 saturated carbocycles. The van der Waals surface area contributed by atoms with E-state index in [-0.39, 0.29) is 31.5 Å². The number of likely N-dealkylation sites (N-methyl/N-ethyl adjacent to an activating group) is 1. The van der Waals surface area contributed by atoms with E-state index in [0.29, 0.717) is 17.4 Å². The van der Waals surface area contributed by atoms with Crippen molar-refractivity contribution in [3.63, 3.8) is 0 Å². The smallest absolute Gasteiger partial charge is 0.306 e. The molecule has 0 radical (unpaired) electrons. The summed E-state index contributed by atoms with van der Waals surface area (Å²) in [4.78, 5) is 39.7. The van der Waals surface area contributed by atoms with Crippen LogP contribution in [0, 0.1) is 0 Å². The molecule has 3 atom stereocenters. The monoisotopic (exact) mass is 953 g/mol. The van der Waals surface area contributed by atoms with Crippen LogP contribution >= 0.6 is 7.82 Å². The van der Waals surface area contributed by atoms with Gasteiger partial charge in [0, 0.05) is 12.8 Å². The molecule has 0 heterocycles. The van der Waals surface area contributed by atoms with Gasteiger partial charge in [0.1, 0.15) is 19.3 Å². The molecule has 10 heteroatoms. The van der Waals surface area contributed by atoms with E-state index in [1.807, 2.05) is 33.3 Å². The van der Waals surface area contributed by atoms with Crippen LogP contribution in [0.15, 0.2) is 24.3 Å². The fourth-order valence-electron chi connectivity index (χ4n) is 8.22. The molecule has 0 aromatic rings. The molecule has 1 amide bonds. The van der Waals surface area contributed by atoms with Gasteiger partial charge < -0.3 is 28.5 Å². The molecule has 0 spiro atoms. The number of hydrogen-bond acceptors (Lipinski definition) is 7. The van der Waals surface area contributed by atoms with Crippen LogP contribution in [-0.4, -0.2) is 69.4 Å². The molecule has 66 heavy (non-hydrogen) atoms. The molecular formula is C56H109N2O7P. The van der Waals surface area contributed by atoms with Crippen molar-refractivity contribution in [2.24, 2.45) is 0 Å². The van der Waals surface area contributed by atoms with Crippen LogP contribution in [0.25, 0.3) is 0 Å². The zero-order valence-corrected chi connectivity index (χ0v) is 45.3. The topological polar surface area (TPSA) is 114 Å². The summed E-state index contributed by atoms with van der Waals surface area (Å²) in [6.45, 7) is 6.84. The van der Waals surface area contributed by atoms with Gasteiger partial charge in [0.05, 0.1) is 33.8 Å². The second-order valence-corrected chi connectivity index (χ2v) is 21.9. The summed E-state index contributed by atoms with van der Waals surface area (Å²) >= 11 is 0. The molecule has 390 valence electrons. The minimum atomic E-state index is -4.68. The van der Waals surface area contributed by atoms with E-state index in [9.17, 15) is 19.0 Å². The summed E-state index contributed by atoms with van der Waals surface area (Å²) in [5.74, 6) is -0.537. The number of unbranched alkanes of at least 4 members (excludes halogenated alkanes) is 33. The number of ether oxygens (including phenoxy) is 1. The van der Waals surface area contributed by atoms with Gasteiger partial charge in [-0.3, -0.25) is 14.2 Å². The Bertz CT molecular complexity index is 1190. The fourth-order valence-corrected chi connectivity index (χ4v) is 8.95. The molecule has 0 aromatic heterocycles. The lowest BCUT2D eigenvalue weighted by atomic mass is 10.0. The van der Waals surface area contributed by atoms with Crippen molar-refractivity contribution in [3.8, 4) is 0 Å². The highest BCUT2D eigenvalue weighted by Crippen LogP contribution is 2.38. The number of rotatable bonds is 51. The number of quaternary nitrogens is 1. The predicted molar refractivity (Wildman–Crippen MR) is 280 cm³/mol. The first kappa shape index (κ1) is 64.5. The zero-order valence-electron chi connectivity index (χ0n) is 44.4. The van der Waals surface area contributed by atoms with E-state index < -0.39 is 20.0 Å². The Labute approximate surface area is 409 Å². The third-order valence-electron chi connectivity index (χ3n) is 12.6. The van der Waals surface area contributed by atoms with E-state index in [1.165, 1.54) is 173 Å². The Morgan fingerprint density at radius 1 is 0.515 bits per heavy atom. The van der Waals surface area contributed by atoms with Gasteiger partial charge in [-0.15, -0.1) is 0 Å². The Balaban J connectivity index is 5.32. The standard InChI is InChI=1S/C56H109N2O7P/c1-7-10-13-16-19-22-25-27-28-29-30-31-34-37-40-43-46-49-56(60)65-54(47-44-41-38-35-33-26-23-20-17-14-11-8-2)53(52-64-66(61,62)63-51-50-58(4,5)6)57-55(59)48-45-42-39-36-32-24-21-18-15-12-9-3/h27-28,44,47,53-54H,7-26,29-43,45-46,48-52H2,1-6H3,(H-,57,59,61,62)/b28-27+,47-44+. The highest BCUT2D eigenvalue weighted by Gasteiger charge is 2.27. The third kappa shape index (κ3) is 47.6. The van der Waals surface area contributed by atoms with Crippen LogP contribution in [0.4, 0.5) is 0 Å². The first-order chi connectivity index (χ1) is 31.9. The average Bonchev–Trinajstić information content (AvgIpc) is 3.27. The van der Waals surface area contributed by atoms with Gasteiger partial charge in [-0.1, -0.05) is 225 Å². The molecular weight excluding hydrogens is 844 g/mol. The minimum absolute atomic E-state index is 0.0198. The van der Waals surface area contributed by atoms with Crippen LogP contribution in [0.5, 0.6) is 0 Å². The Morgan fingerprint density at radius 2 is 0.879 bits per heavy atom. The number of carbonyl (C=O) groups excluding carboxylic acids is 2. The van der Waals surface area contributed by atoms with Crippen molar-refractivity contribution >= 4 is 19.7 Å². The molecule has 0 aliphatic carbocycles. The predicted octanol–water partition coefficient (Wildman–Crippen LogP) is 16.0. The molecule has 0 fully saturated rings. The Kier molecular flexibility index (Phi) is 46.1. The van der Waals surface area contributed by atoms with E-state index in [4.69, 9.17) is 13.8 Å². The van der Waals surface area contributed by atoms with Crippen molar-refractivity contribution in [2.45, 2.75) is 283 Å². The summed E-state index contributed by atoms with van der Waals surface area (Å²) in [5, 5.41) is 3.01. The van der Waals surface area contributed by atoms with Crippen LogP contribution in [0.1, 0.15) is 271 Å². The number of carbonyl (C=O) groups is 2. The maximum absolute atomic E-state index is 13.4. The summed E-state index contributed by atoms with van der Waals surface area (Å²) in [6.07, 6.45) is 52.8. The number of phosphoric ester groups is 1. The molecule has 0 aromatic carbocycles. The van der Waals surface area contributed by atoms with Gasteiger partial charge in [0.15, 0.2) is 0 Å². The number of amides is 1. The van der Waals surface area contributed by atoms with E-state index in [1.54, 1.807) is 0 Å². The van der Waals surface area contributed by atoms with Gasteiger partial charge >= 0.3 is 5.97 Å². The first-order valence-electron chi connectivity index (χ1n) is 28.1. The number of allylic oxidation sites excluding steroid dienone is 3. The van der Waals surface area contributed by atoms with Crippen LogP contribution in [-0.2, 0) is 27.9 Å². The Morgan fingerprint density at radius 3 is 1.29 bits per heavy atom.